The Morgan fingerprint density at radius 3 is 2.85 bits per heavy atom. The van der Waals surface area contributed by atoms with Crippen molar-refractivity contribution in [3.63, 3.8) is 0 Å². The molecule has 1 heterocycles. The minimum absolute atomic E-state index is 0.969. The van der Waals surface area contributed by atoms with E-state index in [-0.39, 0.29) is 0 Å². The van der Waals surface area contributed by atoms with Gasteiger partial charge in [0.2, 0.25) is 5.13 Å². The Bertz CT molecular complexity index is 268. The molecule has 0 saturated heterocycles. The Morgan fingerprint density at radius 1 is 1.46 bits per heavy atom. The van der Waals surface area contributed by atoms with Gasteiger partial charge in [0.1, 0.15) is 5.01 Å². The fourth-order valence-corrected chi connectivity index (χ4v) is 2.15. The van der Waals surface area contributed by atoms with Gasteiger partial charge in [-0.3, -0.25) is 0 Å². The second kappa shape index (κ2) is 4.05. The van der Waals surface area contributed by atoms with Gasteiger partial charge in [0.05, 0.1) is 0 Å². The molecule has 72 valence electrons. The van der Waals surface area contributed by atoms with E-state index in [1.807, 2.05) is 6.92 Å². The van der Waals surface area contributed by atoms with E-state index in [4.69, 9.17) is 0 Å². The van der Waals surface area contributed by atoms with Crippen LogP contribution in [0.4, 0.5) is 5.13 Å². The molecule has 1 aliphatic carbocycles. The highest BCUT2D eigenvalue weighted by Crippen LogP contribution is 2.29. The van der Waals surface area contributed by atoms with Crippen molar-refractivity contribution < 1.29 is 0 Å². The first kappa shape index (κ1) is 8.94. The van der Waals surface area contributed by atoms with Crippen molar-refractivity contribution in [1.82, 2.24) is 10.2 Å². The Kier molecular flexibility index (Phi) is 2.78. The number of hydrogen-bond donors (Lipinski definition) is 1. The molecule has 0 aromatic carbocycles. The largest absolute Gasteiger partial charge is 0.360 e. The van der Waals surface area contributed by atoms with Gasteiger partial charge in [-0.15, -0.1) is 10.2 Å². The lowest BCUT2D eigenvalue weighted by Crippen LogP contribution is -2.15. The number of aryl methyl sites for hydroxylation is 1. The molecule has 4 heteroatoms. The maximum Gasteiger partial charge on any atom is 0.205 e. The Balaban J connectivity index is 1.67. The zero-order valence-electron chi connectivity index (χ0n) is 7.92. The van der Waals surface area contributed by atoms with Gasteiger partial charge >= 0.3 is 0 Å². The van der Waals surface area contributed by atoms with Crippen LogP contribution < -0.4 is 5.32 Å². The van der Waals surface area contributed by atoms with Gasteiger partial charge in [0.25, 0.3) is 0 Å². The predicted molar refractivity (Wildman–Crippen MR) is 55.1 cm³/mol. The molecule has 0 spiro atoms. The summed E-state index contributed by atoms with van der Waals surface area (Å²) >= 11 is 1.63. The maximum absolute atomic E-state index is 4.01. The summed E-state index contributed by atoms with van der Waals surface area (Å²) in [6.45, 7) is 3.04. The summed E-state index contributed by atoms with van der Waals surface area (Å²) in [6, 6.07) is 0. The number of hydrogen-bond acceptors (Lipinski definition) is 4. The van der Waals surface area contributed by atoms with Crippen molar-refractivity contribution in [2.24, 2.45) is 5.92 Å². The van der Waals surface area contributed by atoms with Gasteiger partial charge in [-0.2, -0.15) is 0 Å². The third-order valence-corrected chi connectivity index (χ3v) is 3.38. The summed E-state index contributed by atoms with van der Waals surface area (Å²) in [5, 5.41) is 13.3. The van der Waals surface area contributed by atoms with Crippen LogP contribution in [0.3, 0.4) is 0 Å². The van der Waals surface area contributed by atoms with Crippen LogP contribution in [0.2, 0.25) is 0 Å². The van der Waals surface area contributed by atoms with E-state index in [2.05, 4.69) is 15.5 Å². The lowest BCUT2D eigenvalue weighted by Gasteiger charge is -2.24. The Hall–Kier alpha value is -0.640. The molecule has 0 aliphatic heterocycles. The van der Waals surface area contributed by atoms with Crippen LogP contribution >= 0.6 is 11.3 Å². The maximum atomic E-state index is 4.01. The SMILES string of the molecule is Cc1nnc(NCCC2CCC2)s1. The van der Waals surface area contributed by atoms with Gasteiger partial charge < -0.3 is 5.32 Å². The molecule has 1 aromatic rings. The molecule has 1 aliphatic rings. The van der Waals surface area contributed by atoms with Gasteiger partial charge in [0, 0.05) is 6.54 Å². The number of nitrogens with zero attached hydrogens (tertiary/aromatic N) is 2. The molecule has 1 fully saturated rings. The molecule has 13 heavy (non-hydrogen) atoms. The van der Waals surface area contributed by atoms with E-state index in [9.17, 15) is 0 Å². The average Bonchev–Trinajstić information content (AvgIpc) is 2.42. The molecular formula is C9H15N3S. The van der Waals surface area contributed by atoms with Crippen LogP contribution in [0.1, 0.15) is 30.7 Å². The molecule has 0 unspecified atom stereocenters. The minimum Gasteiger partial charge on any atom is -0.360 e. The van der Waals surface area contributed by atoms with Crippen molar-refractivity contribution in [3.05, 3.63) is 5.01 Å². The normalized spacial score (nSPS) is 17.0. The van der Waals surface area contributed by atoms with Crippen LogP contribution in [0.15, 0.2) is 0 Å². The molecule has 1 saturated carbocycles. The molecule has 0 atom stereocenters. The van der Waals surface area contributed by atoms with Gasteiger partial charge in [-0.25, -0.2) is 0 Å². The van der Waals surface area contributed by atoms with E-state index < -0.39 is 0 Å². The quantitative estimate of drug-likeness (QED) is 0.805. The molecule has 0 bridgehead atoms. The second-order valence-corrected chi connectivity index (χ2v) is 4.82. The van der Waals surface area contributed by atoms with E-state index in [0.717, 1.165) is 22.6 Å². The molecule has 3 nitrogen and oxygen atoms in total. The van der Waals surface area contributed by atoms with Gasteiger partial charge in [-0.05, 0) is 19.3 Å². The molecule has 2 rings (SSSR count). The predicted octanol–water partition coefficient (Wildman–Crippen LogP) is 2.45. The van der Waals surface area contributed by atoms with E-state index in [0.29, 0.717) is 0 Å². The number of aromatic nitrogens is 2. The van der Waals surface area contributed by atoms with Gasteiger partial charge in [-0.1, -0.05) is 30.6 Å². The van der Waals surface area contributed by atoms with E-state index in [1.165, 1.54) is 25.7 Å². The summed E-state index contributed by atoms with van der Waals surface area (Å²) in [5.74, 6) is 0.974. The Morgan fingerprint density at radius 2 is 2.31 bits per heavy atom. The zero-order chi connectivity index (χ0) is 9.10. The van der Waals surface area contributed by atoms with Crippen molar-refractivity contribution in [3.8, 4) is 0 Å². The minimum atomic E-state index is 0.969. The Labute approximate surface area is 82.6 Å². The summed E-state index contributed by atoms with van der Waals surface area (Å²) < 4.78 is 0. The van der Waals surface area contributed by atoms with Crippen molar-refractivity contribution >= 4 is 16.5 Å². The van der Waals surface area contributed by atoms with Crippen LogP contribution in [-0.2, 0) is 0 Å². The molecule has 0 amide bonds. The highest BCUT2D eigenvalue weighted by atomic mass is 32.1. The summed E-state index contributed by atoms with van der Waals surface area (Å²) in [4.78, 5) is 0. The first-order valence-electron chi connectivity index (χ1n) is 4.88. The van der Waals surface area contributed by atoms with Crippen LogP contribution in [0.5, 0.6) is 0 Å². The highest BCUT2D eigenvalue weighted by Gasteiger charge is 2.16. The van der Waals surface area contributed by atoms with E-state index in [1.54, 1.807) is 11.3 Å². The standard InChI is InChI=1S/C9H15N3S/c1-7-11-12-9(13-7)10-6-5-8-3-2-4-8/h8H,2-6H2,1H3,(H,10,12). The van der Waals surface area contributed by atoms with E-state index >= 15 is 0 Å². The van der Waals surface area contributed by atoms with Crippen LogP contribution in [0.25, 0.3) is 0 Å². The van der Waals surface area contributed by atoms with Crippen LogP contribution in [0, 0.1) is 12.8 Å². The van der Waals surface area contributed by atoms with Gasteiger partial charge in [0.15, 0.2) is 0 Å². The molecular weight excluding hydrogens is 182 g/mol. The number of nitrogens with one attached hydrogen (secondary N) is 1. The highest BCUT2D eigenvalue weighted by molar-refractivity contribution is 7.15. The smallest absolute Gasteiger partial charge is 0.205 e. The summed E-state index contributed by atoms with van der Waals surface area (Å²) in [5.41, 5.74) is 0. The van der Waals surface area contributed by atoms with Crippen molar-refractivity contribution in [2.45, 2.75) is 32.6 Å². The average molecular weight is 197 g/mol. The van der Waals surface area contributed by atoms with Crippen LogP contribution in [-0.4, -0.2) is 16.7 Å². The topological polar surface area (TPSA) is 37.8 Å². The van der Waals surface area contributed by atoms with Crippen molar-refractivity contribution in [1.29, 1.82) is 0 Å². The third kappa shape index (κ3) is 2.40. The zero-order valence-corrected chi connectivity index (χ0v) is 8.73. The summed E-state index contributed by atoms with van der Waals surface area (Å²) in [6.07, 6.45) is 5.58. The summed E-state index contributed by atoms with van der Waals surface area (Å²) in [7, 11) is 0. The first-order valence-corrected chi connectivity index (χ1v) is 5.70. The monoisotopic (exact) mass is 197 g/mol. The van der Waals surface area contributed by atoms with Crippen molar-refractivity contribution in [2.75, 3.05) is 11.9 Å². The second-order valence-electron chi connectivity index (χ2n) is 3.64. The fraction of sp³-hybridized carbons (Fsp3) is 0.778. The lowest BCUT2D eigenvalue weighted by atomic mass is 9.83. The third-order valence-electron chi connectivity index (χ3n) is 2.58. The molecule has 1 aromatic heterocycles. The molecule has 0 radical (unpaired) electrons. The molecule has 1 N–H and O–H groups in total. The number of anilines is 1. The first-order chi connectivity index (χ1) is 6.34. The fourth-order valence-electron chi connectivity index (χ4n) is 1.53. The number of rotatable bonds is 4. The lowest BCUT2D eigenvalue weighted by molar-refractivity contribution is 0.303.